The molecule has 0 N–H and O–H groups in total. The number of non-ortho nitro benzene ring substituents is 1. The normalized spacial score (nSPS) is 9.95. The zero-order valence-electron chi connectivity index (χ0n) is 10.4. The molecule has 0 bridgehead atoms. The smallest absolute Gasteiger partial charge is 0.269 e. The molecule has 5 nitrogen and oxygen atoms in total. The summed E-state index contributed by atoms with van der Waals surface area (Å²) in [5.41, 5.74) is 0.809. The van der Waals surface area contributed by atoms with Gasteiger partial charge in [0.05, 0.1) is 12.0 Å². The molecule has 2 rings (SSSR count). The SMILES string of the molecule is COc1cccc(OCc2cccc([N+](=O)[O-])c2)c1. The highest BCUT2D eigenvalue weighted by Crippen LogP contribution is 2.20. The number of nitro groups is 1. The number of benzene rings is 2. The minimum atomic E-state index is -0.422. The third-order valence-corrected chi connectivity index (χ3v) is 2.57. The Morgan fingerprint density at radius 1 is 1.11 bits per heavy atom. The van der Waals surface area contributed by atoms with Crippen LogP contribution in [-0.2, 0) is 6.61 Å². The lowest BCUT2D eigenvalue weighted by atomic mass is 10.2. The van der Waals surface area contributed by atoms with E-state index < -0.39 is 4.92 Å². The first-order valence-corrected chi connectivity index (χ1v) is 5.69. The van der Waals surface area contributed by atoms with E-state index in [1.54, 1.807) is 31.4 Å². The molecule has 0 saturated carbocycles. The first-order chi connectivity index (χ1) is 9.19. The van der Waals surface area contributed by atoms with E-state index in [0.29, 0.717) is 11.5 Å². The van der Waals surface area contributed by atoms with E-state index in [1.165, 1.54) is 12.1 Å². The van der Waals surface area contributed by atoms with Gasteiger partial charge in [0, 0.05) is 18.2 Å². The van der Waals surface area contributed by atoms with Gasteiger partial charge in [-0.2, -0.15) is 0 Å². The van der Waals surface area contributed by atoms with Gasteiger partial charge in [0.2, 0.25) is 0 Å². The number of rotatable bonds is 5. The molecule has 0 amide bonds. The Balaban J connectivity index is 2.05. The van der Waals surface area contributed by atoms with Crippen molar-refractivity contribution in [2.75, 3.05) is 7.11 Å². The van der Waals surface area contributed by atoms with Crippen molar-refractivity contribution >= 4 is 5.69 Å². The van der Waals surface area contributed by atoms with Crippen molar-refractivity contribution in [3.63, 3.8) is 0 Å². The van der Waals surface area contributed by atoms with Crippen LogP contribution in [0.4, 0.5) is 5.69 Å². The monoisotopic (exact) mass is 259 g/mol. The number of hydrogen-bond donors (Lipinski definition) is 0. The lowest BCUT2D eigenvalue weighted by molar-refractivity contribution is -0.384. The summed E-state index contributed by atoms with van der Waals surface area (Å²) in [6.07, 6.45) is 0. The van der Waals surface area contributed by atoms with Gasteiger partial charge in [0.15, 0.2) is 0 Å². The highest BCUT2D eigenvalue weighted by atomic mass is 16.6. The Kier molecular flexibility index (Phi) is 3.97. The number of nitrogens with zero attached hydrogens (tertiary/aromatic N) is 1. The minimum Gasteiger partial charge on any atom is -0.497 e. The molecule has 0 fully saturated rings. The van der Waals surface area contributed by atoms with E-state index in [0.717, 1.165) is 5.56 Å². The predicted molar refractivity (Wildman–Crippen MR) is 70.4 cm³/mol. The summed E-state index contributed by atoms with van der Waals surface area (Å²) in [4.78, 5) is 10.2. The van der Waals surface area contributed by atoms with Crippen LogP contribution in [0.3, 0.4) is 0 Å². The average molecular weight is 259 g/mol. The Labute approximate surface area is 110 Å². The molecular formula is C14H13NO4. The molecule has 98 valence electrons. The summed E-state index contributed by atoms with van der Waals surface area (Å²) in [6, 6.07) is 13.6. The average Bonchev–Trinajstić information content (AvgIpc) is 2.45. The van der Waals surface area contributed by atoms with Crippen molar-refractivity contribution in [2.24, 2.45) is 0 Å². The molecule has 0 aliphatic rings. The van der Waals surface area contributed by atoms with E-state index in [9.17, 15) is 10.1 Å². The van der Waals surface area contributed by atoms with Crippen LogP contribution in [0.25, 0.3) is 0 Å². The lowest BCUT2D eigenvalue weighted by Crippen LogP contribution is -1.97. The van der Waals surface area contributed by atoms with Crippen LogP contribution < -0.4 is 9.47 Å². The molecule has 0 radical (unpaired) electrons. The molecule has 0 atom stereocenters. The van der Waals surface area contributed by atoms with Crippen LogP contribution in [-0.4, -0.2) is 12.0 Å². The third kappa shape index (κ3) is 3.45. The van der Waals surface area contributed by atoms with Gasteiger partial charge in [-0.3, -0.25) is 10.1 Å². The summed E-state index contributed by atoms with van der Waals surface area (Å²) in [5, 5.41) is 10.7. The molecule has 0 aromatic heterocycles. The fourth-order valence-electron chi connectivity index (χ4n) is 1.62. The van der Waals surface area contributed by atoms with Crippen LogP contribution in [0.1, 0.15) is 5.56 Å². The summed E-state index contributed by atoms with van der Waals surface area (Å²) < 4.78 is 10.7. The van der Waals surface area contributed by atoms with Gasteiger partial charge in [-0.1, -0.05) is 18.2 Å². The maximum Gasteiger partial charge on any atom is 0.269 e. The first kappa shape index (κ1) is 12.9. The second-order valence-electron chi connectivity index (χ2n) is 3.89. The standard InChI is InChI=1S/C14H13NO4/c1-18-13-6-3-7-14(9-13)19-10-11-4-2-5-12(8-11)15(16)17/h2-9H,10H2,1H3. The number of methoxy groups -OCH3 is 1. The van der Waals surface area contributed by atoms with Gasteiger partial charge in [-0.05, 0) is 17.7 Å². The van der Waals surface area contributed by atoms with Gasteiger partial charge in [0.1, 0.15) is 18.1 Å². The topological polar surface area (TPSA) is 61.6 Å². The molecule has 2 aromatic carbocycles. The molecular weight excluding hydrogens is 246 g/mol. The summed E-state index contributed by atoms with van der Waals surface area (Å²) in [7, 11) is 1.58. The molecule has 5 heteroatoms. The van der Waals surface area contributed by atoms with Crippen molar-refractivity contribution in [3.05, 3.63) is 64.2 Å². The Hall–Kier alpha value is -2.56. The van der Waals surface area contributed by atoms with E-state index >= 15 is 0 Å². The van der Waals surface area contributed by atoms with Crippen LogP contribution in [0.15, 0.2) is 48.5 Å². The summed E-state index contributed by atoms with van der Waals surface area (Å²) in [5.74, 6) is 1.36. The van der Waals surface area contributed by atoms with E-state index in [4.69, 9.17) is 9.47 Å². The molecule has 0 spiro atoms. The zero-order chi connectivity index (χ0) is 13.7. The van der Waals surface area contributed by atoms with E-state index in [2.05, 4.69) is 0 Å². The fraction of sp³-hybridized carbons (Fsp3) is 0.143. The molecule has 0 heterocycles. The largest absolute Gasteiger partial charge is 0.497 e. The Morgan fingerprint density at radius 2 is 1.84 bits per heavy atom. The second-order valence-corrected chi connectivity index (χ2v) is 3.89. The zero-order valence-corrected chi connectivity index (χ0v) is 10.4. The highest BCUT2D eigenvalue weighted by molar-refractivity contribution is 5.35. The Bertz CT molecular complexity index is 583. The van der Waals surface area contributed by atoms with Crippen molar-refractivity contribution in [1.29, 1.82) is 0 Å². The molecule has 0 unspecified atom stereocenters. The van der Waals surface area contributed by atoms with Crippen molar-refractivity contribution < 1.29 is 14.4 Å². The third-order valence-electron chi connectivity index (χ3n) is 2.57. The van der Waals surface area contributed by atoms with Gasteiger partial charge in [0.25, 0.3) is 5.69 Å². The van der Waals surface area contributed by atoms with Crippen LogP contribution in [0, 0.1) is 10.1 Å². The highest BCUT2D eigenvalue weighted by Gasteiger charge is 2.06. The van der Waals surface area contributed by atoms with Crippen molar-refractivity contribution in [1.82, 2.24) is 0 Å². The number of hydrogen-bond acceptors (Lipinski definition) is 4. The number of ether oxygens (including phenoxy) is 2. The number of nitro benzene ring substituents is 1. The fourth-order valence-corrected chi connectivity index (χ4v) is 1.62. The molecule has 0 aliphatic heterocycles. The molecule has 0 saturated heterocycles. The molecule has 2 aromatic rings. The predicted octanol–water partition coefficient (Wildman–Crippen LogP) is 3.18. The van der Waals surface area contributed by atoms with E-state index in [1.807, 2.05) is 12.1 Å². The quantitative estimate of drug-likeness (QED) is 0.611. The summed E-state index contributed by atoms with van der Waals surface area (Å²) in [6.45, 7) is 0.273. The van der Waals surface area contributed by atoms with Crippen molar-refractivity contribution in [3.8, 4) is 11.5 Å². The van der Waals surface area contributed by atoms with Gasteiger partial charge >= 0.3 is 0 Å². The lowest BCUT2D eigenvalue weighted by Gasteiger charge is -2.07. The van der Waals surface area contributed by atoms with E-state index in [-0.39, 0.29) is 12.3 Å². The summed E-state index contributed by atoms with van der Waals surface area (Å²) >= 11 is 0. The maximum atomic E-state index is 10.7. The van der Waals surface area contributed by atoms with Gasteiger partial charge in [-0.15, -0.1) is 0 Å². The second kappa shape index (κ2) is 5.86. The van der Waals surface area contributed by atoms with Crippen LogP contribution in [0.2, 0.25) is 0 Å². The van der Waals surface area contributed by atoms with Gasteiger partial charge < -0.3 is 9.47 Å². The van der Waals surface area contributed by atoms with Gasteiger partial charge in [-0.25, -0.2) is 0 Å². The van der Waals surface area contributed by atoms with Crippen molar-refractivity contribution in [2.45, 2.75) is 6.61 Å². The molecule has 19 heavy (non-hydrogen) atoms. The maximum absolute atomic E-state index is 10.7. The Morgan fingerprint density at radius 3 is 2.58 bits per heavy atom. The van der Waals surface area contributed by atoms with Crippen LogP contribution >= 0.6 is 0 Å². The minimum absolute atomic E-state index is 0.0618. The van der Waals surface area contributed by atoms with Crippen LogP contribution in [0.5, 0.6) is 11.5 Å². The first-order valence-electron chi connectivity index (χ1n) is 5.69. The molecule has 0 aliphatic carbocycles.